The van der Waals surface area contributed by atoms with Crippen molar-refractivity contribution in [2.75, 3.05) is 31.5 Å². The van der Waals surface area contributed by atoms with Gasteiger partial charge in [-0.25, -0.2) is 4.39 Å². The zero-order chi connectivity index (χ0) is 27.3. The molecule has 2 heterocycles. The fraction of sp³-hybridized carbons (Fsp3) is 0.364. The van der Waals surface area contributed by atoms with Crippen LogP contribution in [0.15, 0.2) is 66.7 Å². The van der Waals surface area contributed by atoms with Gasteiger partial charge >= 0.3 is 0 Å². The lowest BCUT2D eigenvalue weighted by Gasteiger charge is -2.20. The monoisotopic (exact) mass is 613 g/mol. The van der Waals surface area contributed by atoms with E-state index in [2.05, 4.69) is 22.0 Å². The molecule has 6 nitrogen and oxygen atoms in total. The van der Waals surface area contributed by atoms with Crippen molar-refractivity contribution in [2.24, 2.45) is 0 Å². The first-order valence-corrected chi connectivity index (χ1v) is 14.6. The van der Waals surface area contributed by atoms with Gasteiger partial charge in [-0.2, -0.15) is 0 Å². The number of halogens is 3. The van der Waals surface area contributed by atoms with Gasteiger partial charge in [0.25, 0.3) is 5.91 Å². The van der Waals surface area contributed by atoms with Gasteiger partial charge in [-0.3, -0.25) is 4.79 Å². The summed E-state index contributed by atoms with van der Waals surface area (Å²) in [6.45, 7) is 4.02. The van der Waals surface area contributed by atoms with Gasteiger partial charge in [0, 0.05) is 35.2 Å². The van der Waals surface area contributed by atoms with Gasteiger partial charge in [0.15, 0.2) is 12.2 Å². The fourth-order valence-electron chi connectivity index (χ4n) is 5.90. The minimum absolute atomic E-state index is 0. The zero-order valence-corrected chi connectivity index (χ0v) is 25.1. The summed E-state index contributed by atoms with van der Waals surface area (Å²) >= 11 is 0. The van der Waals surface area contributed by atoms with Crippen molar-refractivity contribution in [3.05, 3.63) is 83.7 Å². The van der Waals surface area contributed by atoms with E-state index < -0.39 is 0 Å². The summed E-state index contributed by atoms with van der Waals surface area (Å²) < 4.78 is 26.4. The van der Waals surface area contributed by atoms with Gasteiger partial charge in [0.1, 0.15) is 30.4 Å². The maximum Gasteiger partial charge on any atom is 0.255 e. The summed E-state index contributed by atoms with van der Waals surface area (Å²) in [4.78, 5) is 13.5. The molecular weight excluding hydrogens is 576 g/mol. The Hall–Kier alpha value is -3.10. The summed E-state index contributed by atoms with van der Waals surface area (Å²) in [5.41, 5.74) is 5.22. The van der Waals surface area contributed by atoms with Crippen molar-refractivity contribution in [1.29, 1.82) is 0 Å². The molecule has 9 heteroatoms. The first kappa shape index (κ1) is 31.8. The molecular formula is C33H38Cl2FN3O3. The average molecular weight is 615 g/mol. The minimum Gasteiger partial charge on any atom is -1.00 e. The number of hydrogen-bond acceptors (Lipinski definition) is 3. The van der Waals surface area contributed by atoms with Gasteiger partial charge in [0.05, 0.1) is 13.1 Å². The van der Waals surface area contributed by atoms with Crippen LogP contribution in [-0.4, -0.2) is 44.3 Å². The minimum atomic E-state index is -0.288. The first-order valence-electron chi connectivity index (χ1n) is 14.6. The van der Waals surface area contributed by atoms with E-state index in [9.17, 15) is 9.18 Å². The summed E-state index contributed by atoms with van der Waals surface area (Å²) in [7, 11) is 0. The highest BCUT2D eigenvalue weighted by molar-refractivity contribution is 6.05. The van der Waals surface area contributed by atoms with Crippen LogP contribution in [0.1, 0.15) is 54.4 Å². The van der Waals surface area contributed by atoms with Crippen LogP contribution in [0, 0.1) is 5.82 Å². The van der Waals surface area contributed by atoms with Crippen molar-refractivity contribution in [2.45, 2.75) is 50.7 Å². The van der Waals surface area contributed by atoms with Crippen LogP contribution in [0.2, 0.25) is 0 Å². The summed E-state index contributed by atoms with van der Waals surface area (Å²) in [5, 5.41) is 7.62. The van der Waals surface area contributed by atoms with Crippen LogP contribution < -0.4 is 50.2 Å². The smallest absolute Gasteiger partial charge is 0.255 e. The highest BCUT2D eigenvalue weighted by atomic mass is 35.5. The van der Waals surface area contributed by atoms with Crippen LogP contribution in [0.4, 0.5) is 10.1 Å². The predicted molar refractivity (Wildman–Crippen MR) is 154 cm³/mol. The van der Waals surface area contributed by atoms with Crippen molar-refractivity contribution >= 4 is 17.2 Å². The Morgan fingerprint density at radius 1 is 0.810 bits per heavy atom. The number of carbonyl (C=O) groups is 1. The Balaban J connectivity index is 0.00000202. The molecule has 2 saturated heterocycles. The Morgan fingerprint density at radius 2 is 1.48 bits per heavy atom. The molecule has 6 rings (SSSR count). The SMILES string of the molecule is O=C(Nc1ccc(O[C@H]2CC[NH2+]C2)c(-c2ccc(F)cc2)c1)c1ccc(O[C@H]2CC[NH2+]C2)c(C2=CCCCC2)c1.[Cl-].[Cl-]. The molecule has 42 heavy (non-hydrogen) atoms. The second-order valence-electron chi connectivity index (χ2n) is 11.0. The molecule has 2 aliphatic heterocycles. The topological polar surface area (TPSA) is 80.8 Å². The third kappa shape index (κ3) is 7.64. The molecule has 1 amide bonds. The maximum absolute atomic E-state index is 13.7. The molecule has 0 unspecified atom stereocenters. The standard InChI is InChI=1S/C33H36FN3O3.2ClH/c34-25-9-6-23(7-10-25)30-19-26(11-13-32(30)40-28-15-17-36-21-28)37-33(38)24-8-12-31(39-27-14-16-35-20-27)29(18-24)22-4-2-1-3-5-22;;/h4,6-13,18-19,27-28,35-36H,1-3,5,14-17,20-21H2,(H,37,38);2*1H/t27-,28-;;/m0../s1. The number of anilines is 1. The summed E-state index contributed by atoms with van der Waals surface area (Å²) in [5.74, 6) is 1.14. The van der Waals surface area contributed by atoms with Gasteiger partial charge < -0.3 is 50.2 Å². The van der Waals surface area contributed by atoms with Gasteiger partial charge in [-0.1, -0.05) is 18.2 Å². The first-order chi connectivity index (χ1) is 19.6. The number of benzene rings is 3. The van der Waals surface area contributed by atoms with E-state index in [1.54, 1.807) is 12.1 Å². The van der Waals surface area contributed by atoms with Crippen LogP contribution in [0.3, 0.4) is 0 Å². The number of rotatable bonds is 8. The molecule has 0 bridgehead atoms. The number of carbonyl (C=O) groups excluding carboxylic acids is 1. The van der Waals surface area contributed by atoms with Crippen molar-refractivity contribution in [3.8, 4) is 22.6 Å². The van der Waals surface area contributed by atoms with E-state index in [-0.39, 0.29) is 48.7 Å². The lowest BCUT2D eigenvalue weighted by atomic mass is 9.92. The van der Waals surface area contributed by atoms with E-state index in [0.29, 0.717) is 11.3 Å². The molecule has 2 fully saturated rings. The van der Waals surface area contributed by atoms with Gasteiger partial charge in [-0.15, -0.1) is 0 Å². The van der Waals surface area contributed by atoms with E-state index in [1.807, 2.05) is 36.4 Å². The number of ether oxygens (including phenoxy) is 2. The van der Waals surface area contributed by atoms with Crippen LogP contribution in [-0.2, 0) is 0 Å². The Morgan fingerprint density at radius 3 is 2.10 bits per heavy atom. The number of nitrogens with one attached hydrogen (secondary N) is 1. The van der Waals surface area contributed by atoms with Crippen LogP contribution in [0.25, 0.3) is 16.7 Å². The number of hydrogen-bond donors (Lipinski definition) is 3. The molecule has 2 atom stereocenters. The average Bonchev–Trinajstić information content (AvgIpc) is 3.70. The van der Waals surface area contributed by atoms with E-state index >= 15 is 0 Å². The van der Waals surface area contributed by atoms with Crippen LogP contribution in [0.5, 0.6) is 11.5 Å². The molecule has 0 radical (unpaired) electrons. The lowest BCUT2D eigenvalue weighted by molar-refractivity contribution is -0.638. The van der Waals surface area contributed by atoms with Crippen LogP contribution >= 0.6 is 0 Å². The largest absolute Gasteiger partial charge is 1.00 e. The highest BCUT2D eigenvalue weighted by Gasteiger charge is 2.24. The molecule has 0 saturated carbocycles. The van der Waals surface area contributed by atoms with Gasteiger partial charge in [-0.05, 0) is 85.4 Å². The number of quaternary nitrogens is 2. The summed E-state index contributed by atoms with van der Waals surface area (Å²) in [6.07, 6.45) is 9.07. The quantitative estimate of drug-likeness (QED) is 0.279. The van der Waals surface area contributed by atoms with Crippen molar-refractivity contribution in [3.63, 3.8) is 0 Å². The number of amides is 1. The fourth-order valence-corrected chi connectivity index (χ4v) is 5.90. The summed E-state index contributed by atoms with van der Waals surface area (Å²) in [6, 6.07) is 17.9. The van der Waals surface area contributed by atoms with Gasteiger partial charge in [0.2, 0.25) is 0 Å². The molecule has 3 aromatic carbocycles. The molecule has 0 spiro atoms. The molecule has 1 aliphatic carbocycles. The zero-order valence-electron chi connectivity index (χ0n) is 23.6. The third-order valence-corrected chi connectivity index (χ3v) is 8.10. The van der Waals surface area contributed by atoms with Crippen molar-refractivity contribution < 1.29 is 54.1 Å². The van der Waals surface area contributed by atoms with Crippen molar-refractivity contribution in [1.82, 2.24) is 0 Å². The molecule has 5 N–H and O–H groups in total. The molecule has 3 aliphatic rings. The third-order valence-electron chi connectivity index (χ3n) is 8.10. The molecule has 3 aromatic rings. The van der Waals surface area contributed by atoms with E-state index in [0.717, 1.165) is 86.5 Å². The Bertz CT molecular complexity index is 1390. The number of allylic oxidation sites excluding steroid dienone is 2. The second kappa shape index (κ2) is 14.9. The highest BCUT2D eigenvalue weighted by Crippen LogP contribution is 2.36. The Kier molecular flexibility index (Phi) is 11.3. The maximum atomic E-state index is 13.7. The molecule has 0 aromatic heterocycles. The predicted octanol–water partition coefficient (Wildman–Crippen LogP) is -1.86. The van der Waals surface area contributed by atoms with E-state index in [4.69, 9.17) is 9.47 Å². The van der Waals surface area contributed by atoms with E-state index in [1.165, 1.54) is 24.1 Å². The normalized spacial score (nSPS) is 19.7. The second-order valence-corrected chi connectivity index (χ2v) is 11.0. The number of nitrogens with two attached hydrogens (primary N) is 2. The molecule has 224 valence electrons. The Labute approximate surface area is 259 Å². The lowest BCUT2D eigenvalue weighted by Crippen LogP contribution is -3.00.